The molecule has 84 valence electrons. The Kier molecular flexibility index (Phi) is 3.27. The van der Waals surface area contributed by atoms with Crippen LogP contribution in [0.5, 0.6) is 0 Å². The van der Waals surface area contributed by atoms with E-state index in [0.29, 0.717) is 18.4 Å². The van der Waals surface area contributed by atoms with Crippen molar-refractivity contribution in [2.45, 2.75) is 52.7 Å². The highest BCUT2D eigenvalue weighted by atomic mass is 16.6. The second-order valence-electron chi connectivity index (χ2n) is 5.60. The lowest BCUT2D eigenvalue weighted by atomic mass is 9.79. The first-order valence-electron chi connectivity index (χ1n) is 5.58. The van der Waals surface area contributed by atoms with Gasteiger partial charge in [-0.1, -0.05) is 27.7 Å². The van der Waals surface area contributed by atoms with E-state index in [9.17, 15) is 0 Å². The SMILES string of the molecule is CC(C)C1(C(C)C)COC(C)(C)CO1. The average molecular weight is 200 g/mol. The Bertz CT molecular complexity index is 174. The molecule has 2 nitrogen and oxygen atoms in total. The zero-order valence-electron chi connectivity index (χ0n) is 10.4. The molecule has 0 amide bonds. The Labute approximate surface area is 88.0 Å². The summed E-state index contributed by atoms with van der Waals surface area (Å²) in [6, 6.07) is 0. The molecule has 0 aromatic rings. The van der Waals surface area contributed by atoms with Crippen molar-refractivity contribution in [1.82, 2.24) is 0 Å². The van der Waals surface area contributed by atoms with Gasteiger partial charge in [-0.05, 0) is 25.7 Å². The summed E-state index contributed by atoms with van der Waals surface area (Å²) < 4.78 is 12.0. The maximum atomic E-state index is 6.08. The van der Waals surface area contributed by atoms with Crippen LogP contribution in [0.4, 0.5) is 0 Å². The van der Waals surface area contributed by atoms with Crippen molar-refractivity contribution in [2.24, 2.45) is 11.8 Å². The van der Waals surface area contributed by atoms with Gasteiger partial charge in [-0.2, -0.15) is 0 Å². The molecule has 0 N–H and O–H groups in total. The molecule has 0 saturated carbocycles. The van der Waals surface area contributed by atoms with Crippen molar-refractivity contribution in [3.63, 3.8) is 0 Å². The summed E-state index contributed by atoms with van der Waals surface area (Å²) >= 11 is 0. The van der Waals surface area contributed by atoms with E-state index in [0.717, 1.165) is 6.61 Å². The molecule has 1 aliphatic rings. The van der Waals surface area contributed by atoms with Crippen molar-refractivity contribution in [3.05, 3.63) is 0 Å². The largest absolute Gasteiger partial charge is 0.370 e. The molecular weight excluding hydrogens is 176 g/mol. The van der Waals surface area contributed by atoms with Crippen LogP contribution in [-0.2, 0) is 9.47 Å². The highest BCUT2D eigenvalue weighted by Crippen LogP contribution is 2.36. The van der Waals surface area contributed by atoms with E-state index in [1.54, 1.807) is 0 Å². The first kappa shape index (κ1) is 12.0. The predicted octanol–water partition coefficient (Wildman–Crippen LogP) is 2.86. The van der Waals surface area contributed by atoms with Gasteiger partial charge in [0.25, 0.3) is 0 Å². The van der Waals surface area contributed by atoms with Crippen LogP contribution in [0, 0.1) is 11.8 Å². The Balaban J connectivity index is 2.75. The van der Waals surface area contributed by atoms with E-state index in [1.807, 2.05) is 0 Å². The molecule has 0 radical (unpaired) electrons. The van der Waals surface area contributed by atoms with E-state index in [1.165, 1.54) is 0 Å². The summed E-state index contributed by atoms with van der Waals surface area (Å²) in [7, 11) is 0. The Morgan fingerprint density at radius 2 is 1.36 bits per heavy atom. The molecule has 0 spiro atoms. The van der Waals surface area contributed by atoms with Gasteiger partial charge in [0.1, 0.15) is 0 Å². The smallest absolute Gasteiger partial charge is 0.0961 e. The Morgan fingerprint density at radius 1 is 0.857 bits per heavy atom. The van der Waals surface area contributed by atoms with E-state index in [4.69, 9.17) is 9.47 Å². The van der Waals surface area contributed by atoms with E-state index < -0.39 is 0 Å². The number of ether oxygens (including phenoxy) is 2. The van der Waals surface area contributed by atoms with Gasteiger partial charge in [0, 0.05) is 0 Å². The van der Waals surface area contributed by atoms with Gasteiger partial charge < -0.3 is 9.47 Å². The molecule has 1 aliphatic heterocycles. The van der Waals surface area contributed by atoms with Crippen molar-refractivity contribution >= 4 is 0 Å². The van der Waals surface area contributed by atoms with Gasteiger partial charge >= 0.3 is 0 Å². The third-order valence-electron chi connectivity index (χ3n) is 3.33. The first-order valence-corrected chi connectivity index (χ1v) is 5.58. The standard InChI is InChI=1S/C12H24O2/c1-9(2)12(10(3)4)8-13-11(5,6)7-14-12/h9-10H,7-8H2,1-6H3. The fraction of sp³-hybridized carbons (Fsp3) is 1.00. The zero-order chi connectivity index (χ0) is 11.0. The molecule has 14 heavy (non-hydrogen) atoms. The minimum absolute atomic E-state index is 0.0878. The average Bonchev–Trinajstić information content (AvgIpc) is 2.03. The maximum Gasteiger partial charge on any atom is 0.0961 e. The Morgan fingerprint density at radius 3 is 1.64 bits per heavy atom. The fourth-order valence-electron chi connectivity index (χ4n) is 2.03. The van der Waals surface area contributed by atoms with E-state index in [2.05, 4.69) is 41.5 Å². The van der Waals surface area contributed by atoms with Gasteiger partial charge in [0.15, 0.2) is 0 Å². The molecular formula is C12H24O2. The molecule has 0 aliphatic carbocycles. The lowest BCUT2D eigenvalue weighted by Gasteiger charge is -2.48. The molecule has 1 saturated heterocycles. The summed E-state index contributed by atoms with van der Waals surface area (Å²) in [6.07, 6.45) is 0. The third kappa shape index (κ3) is 2.12. The predicted molar refractivity (Wildman–Crippen MR) is 58.4 cm³/mol. The van der Waals surface area contributed by atoms with E-state index >= 15 is 0 Å². The van der Waals surface area contributed by atoms with Crippen molar-refractivity contribution in [1.29, 1.82) is 0 Å². The van der Waals surface area contributed by atoms with Crippen LogP contribution >= 0.6 is 0 Å². The van der Waals surface area contributed by atoms with Crippen LogP contribution in [0.25, 0.3) is 0 Å². The van der Waals surface area contributed by atoms with Crippen LogP contribution in [0.1, 0.15) is 41.5 Å². The van der Waals surface area contributed by atoms with Crippen LogP contribution < -0.4 is 0 Å². The minimum Gasteiger partial charge on any atom is -0.370 e. The van der Waals surface area contributed by atoms with Gasteiger partial charge in [0.05, 0.1) is 24.4 Å². The number of hydrogen-bond donors (Lipinski definition) is 0. The highest BCUT2D eigenvalue weighted by molar-refractivity contribution is 4.92. The molecule has 0 atom stereocenters. The number of rotatable bonds is 2. The molecule has 0 unspecified atom stereocenters. The first-order chi connectivity index (χ1) is 6.30. The van der Waals surface area contributed by atoms with E-state index in [-0.39, 0.29) is 11.2 Å². The molecule has 0 aromatic carbocycles. The van der Waals surface area contributed by atoms with Crippen LogP contribution in [-0.4, -0.2) is 24.4 Å². The normalized spacial score (nSPS) is 25.7. The van der Waals surface area contributed by atoms with Gasteiger partial charge in [-0.3, -0.25) is 0 Å². The van der Waals surface area contributed by atoms with Gasteiger partial charge in [-0.15, -0.1) is 0 Å². The summed E-state index contributed by atoms with van der Waals surface area (Å²) in [5.41, 5.74) is -0.206. The lowest BCUT2D eigenvalue weighted by molar-refractivity contribution is -0.253. The van der Waals surface area contributed by atoms with Crippen LogP contribution in [0.2, 0.25) is 0 Å². The maximum absolute atomic E-state index is 6.08. The molecule has 0 aromatic heterocycles. The lowest BCUT2D eigenvalue weighted by Crippen LogP contribution is -2.56. The van der Waals surface area contributed by atoms with Crippen molar-refractivity contribution < 1.29 is 9.47 Å². The third-order valence-corrected chi connectivity index (χ3v) is 3.33. The minimum atomic E-state index is -0.118. The Hall–Kier alpha value is -0.0800. The topological polar surface area (TPSA) is 18.5 Å². The molecule has 1 fully saturated rings. The van der Waals surface area contributed by atoms with Crippen LogP contribution in [0.15, 0.2) is 0 Å². The fourth-order valence-corrected chi connectivity index (χ4v) is 2.03. The number of hydrogen-bond acceptors (Lipinski definition) is 2. The molecule has 0 bridgehead atoms. The monoisotopic (exact) mass is 200 g/mol. The van der Waals surface area contributed by atoms with Crippen molar-refractivity contribution in [3.8, 4) is 0 Å². The summed E-state index contributed by atoms with van der Waals surface area (Å²) in [4.78, 5) is 0. The highest BCUT2D eigenvalue weighted by Gasteiger charge is 2.44. The zero-order valence-corrected chi connectivity index (χ0v) is 10.4. The molecule has 1 heterocycles. The molecule has 2 heteroatoms. The quantitative estimate of drug-likeness (QED) is 0.682. The van der Waals surface area contributed by atoms with Crippen molar-refractivity contribution in [2.75, 3.05) is 13.2 Å². The summed E-state index contributed by atoms with van der Waals surface area (Å²) in [5.74, 6) is 0.997. The summed E-state index contributed by atoms with van der Waals surface area (Å²) in [6.45, 7) is 14.4. The second kappa shape index (κ2) is 3.82. The molecule has 1 rings (SSSR count). The van der Waals surface area contributed by atoms with Gasteiger partial charge in [-0.25, -0.2) is 0 Å². The summed E-state index contributed by atoms with van der Waals surface area (Å²) in [5, 5.41) is 0. The van der Waals surface area contributed by atoms with Gasteiger partial charge in [0.2, 0.25) is 0 Å². The second-order valence-corrected chi connectivity index (χ2v) is 5.60. The van der Waals surface area contributed by atoms with Crippen LogP contribution in [0.3, 0.4) is 0 Å².